The van der Waals surface area contributed by atoms with Crippen LogP contribution in [0.1, 0.15) is 31.2 Å². The molecule has 1 aliphatic heterocycles. The van der Waals surface area contributed by atoms with Gasteiger partial charge in [-0.3, -0.25) is 0 Å². The molecule has 1 aliphatic carbocycles. The second-order valence-corrected chi connectivity index (χ2v) is 8.46. The predicted molar refractivity (Wildman–Crippen MR) is 96.9 cm³/mol. The number of sulfonamides is 1. The third-order valence-corrected chi connectivity index (χ3v) is 6.41. The van der Waals surface area contributed by atoms with Gasteiger partial charge in [0, 0.05) is 24.7 Å². The molecule has 1 aromatic heterocycles. The Labute approximate surface area is 153 Å². The molecule has 0 saturated heterocycles. The summed E-state index contributed by atoms with van der Waals surface area (Å²) in [6.45, 7) is 0.618. The van der Waals surface area contributed by atoms with E-state index in [1.165, 1.54) is 0 Å². The van der Waals surface area contributed by atoms with Crippen molar-refractivity contribution < 1.29 is 17.9 Å². The molecule has 0 bridgehead atoms. The van der Waals surface area contributed by atoms with Crippen LogP contribution in [-0.4, -0.2) is 32.2 Å². The van der Waals surface area contributed by atoms with Crippen LogP contribution >= 0.6 is 0 Å². The van der Waals surface area contributed by atoms with Crippen LogP contribution in [0.25, 0.3) is 0 Å². The summed E-state index contributed by atoms with van der Waals surface area (Å²) >= 11 is 0. The van der Waals surface area contributed by atoms with Crippen LogP contribution < -0.4 is 14.2 Å². The lowest BCUT2D eigenvalue weighted by molar-refractivity contribution is 0.138. The Balaban J connectivity index is 1.35. The van der Waals surface area contributed by atoms with Gasteiger partial charge in [0.25, 0.3) is 0 Å². The van der Waals surface area contributed by atoms with E-state index in [1.54, 1.807) is 24.4 Å². The third-order valence-electron chi connectivity index (χ3n) is 4.89. The van der Waals surface area contributed by atoms with E-state index in [1.807, 2.05) is 18.2 Å². The number of nitrogens with one attached hydrogen (secondary N) is 1. The molecule has 0 atom stereocenters. The monoisotopic (exact) mass is 374 g/mol. The van der Waals surface area contributed by atoms with Crippen molar-refractivity contribution in [3.63, 3.8) is 0 Å². The van der Waals surface area contributed by atoms with Crippen molar-refractivity contribution in [2.24, 2.45) is 0 Å². The van der Waals surface area contributed by atoms with Crippen LogP contribution in [0.3, 0.4) is 0 Å². The van der Waals surface area contributed by atoms with Crippen LogP contribution in [-0.2, 0) is 16.4 Å². The van der Waals surface area contributed by atoms with E-state index >= 15 is 0 Å². The molecule has 0 spiro atoms. The van der Waals surface area contributed by atoms with Gasteiger partial charge in [-0.25, -0.2) is 18.1 Å². The fourth-order valence-electron chi connectivity index (χ4n) is 3.50. The van der Waals surface area contributed by atoms with Crippen LogP contribution in [0.4, 0.5) is 0 Å². The number of rotatable bonds is 5. The van der Waals surface area contributed by atoms with Gasteiger partial charge in [-0.1, -0.05) is 6.07 Å². The zero-order chi connectivity index (χ0) is 18.0. The maximum atomic E-state index is 12.7. The lowest BCUT2D eigenvalue weighted by Crippen LogP contribution is -2.39. The first kappa shape index (κ1) is 17.3. The smallest absolute Gasteiger partial charge is 0.240 e. The maximum Gasteiger partial charge on any atom is 0.240 e. The molecule has 0 amide bonds. The standard InChI is InChI=1S/C19H22N2O4S/c22-26(23,17-8-9-18-14(13-17)10-12-24-18)21-15-4-6-16(7-5-15)25-19-3-1-2-11-20-19/h1-3,8-9,11,13,15-16,21H,4-7,10,12H2. The van der Waals surface area contributed by atoms with Crippen molar-refractivity contribution in [1.82, 2.24) is 9.71 Å². The second-order valence-electron chi connectivity index (χ2n) is 6.75. The van der Waals surface area contributed by atoms with Crippen molar-refractivity contribution in [2.45, 2.75) is 49.1 Å². The van der Waals surface area contributed by atoms with E-state index in [9.17, 15) is 8.42 Å². The fourth-order valence-corrected chi connectivity index (χ4v) is 4.86. The van der Waals surface area contributed by atoms with Crippen molar-refractivity contribution >= 4 is 10.0 Å². The minimum Gasteiger partial charge on any atom is -0.493 e. The van der Waals surface area contributed by atoms with Crippen molar-refractivity contribution in [3.05, 3.63) is 48.2 Å². The highest BCUT2D eigenvalue weighted by Crippen LogP contribution is 2.29. The average molecular weight is 374 g/mol. The van der Waals surface area contributed by atoms with Crippen LogP contribution in [0, 0.1) is 0 Å². The third kappa shape index (κ3) is 3.83. The number of hydrogen-bond acceptors (Lipinski definition) is 5. The molecule has 1 saturated carbocycles. The molecule has 26 heavy (non-hydrogen) atoms. The van der Waals surface area contributed by atoms with Gasteiger partial charge in [-0.05, 0) is 55.5 Å². The van der Waals surface area contributed by atoms with Crippen LogP contribution in [0.2, 0.25) is 0 Å². The van der Waals surface area contributed by atoms with E-state index in [4.69, 9.17) is 9.47 Å². The van der Waals surface area contributed by atoms with E-state index in [2.05, 4.69) is 9.71 Å². The SMILES string of the molecule is O=S(=O)(NC1CCC(Oc2ccccn2)CC1)c1ccc2c(c1)CCO2. The number of nitrogens with zero attached hydrogens (tertiary/aromatic N) is 1. The molecule has 1 aromatic carbocycles. The van der Waals surface area contributed by atoms with E-state index < -0.39 is 10.0 Å². The van der Waals surface area contributed by atoms with Gasteiger partial charge < -0.3 is 9.47 Å². The normalized spacial score (nSPS) is 22.5. The first-order chi connectivity index (χ1) is 12.6. The first-order valence-electron chi connectivity index (χ1n) is 8.96. The van der Waals surface area contributed by atoms with Crippen molar-refractivity contribution in [2.75, 3.05) is 6.61 Å². The Kier molecular flexibility index (Phi) is 4.82. The number of pyridine rings is 1. The van der Waals surface area contributed by atoms with Gasteiger partial charge in [0.05, 0.1) is 11.5 Å². The molecule has 6 nitrogen and oxygen atoms in total. The zero-order valence-electron chi connectivity index (χ0n) is 14.4. The topological polar surface area (TPSA) is 77.5 Å². The Morgan fingerprint density at radius 2 is 1.96 bits per heavy atom. The summed E-state index contributed by atoms with van der Waals surface area (Å²) in [5.74, 6) is 1.41. The second kappa shape index (κ2) is 7.25. The van der Waals surface area contributed by atoms with Gasteiger partial charge in [-0.15, -0.1) is 0 Å². The summed E-state index contributed by atoms with van der Waals surface area (Å²) in [5.41, 5.74) is 0.959. The molecule has 1 N–H and O–H groups in total. The number of hydrogen-bond donors (Lipinski definition) is 1. The predicted octanol–water partition coefficient (Wildman–Crippen LogP) is 2.69. The molecule has 7 heteroatoms. The number of ether oxygens (including phenoxy) is 2. The largest absolute Gasteiger partial charge is 0.493 e. The molecule has 2 aromatic rings. The van der Waals surface area contributed by atoms with E-state index in [0.717, 1.165) is 43.4 Å². The molecule has 2 aliphatic rings. The van der Waals surface area contributed by atoms with E-state index in [-0.39, 0.29) is 12.1 Å². The zero-order valence-corrected chi connectivity index (χ0v) is 15.2. The molecule has 1 fully saturated rings. The van der Waals surface area contributed by atoms with E-state index in [0.29, 0.717) is 17.4 Å². The van der Waals surface area contributed by atoms with Gasteiger partial charge in [0.15, 0.2) is 0 Å². The number of aromatic nitrogens is 1. The Morgan fingerprint density at radius 3 is 2.73 bits per heavy atom. The molecule has 138 valence electrons. The van der Waals surface area contributed by atoms with Gasteiger partial charge in [-0.2, -0.15) is 0 Å². The number of fused-ring (bicyclic) bond motifs is 1. The highest BCUT2D eigenvalue weighted by atomic mass is 32.2. The van der Waals surface area contributed by atoms with Gasteiger partial charge >= 0.3 is 0 Å². The first-order valence-corrected chi connectivity index (χ1v) is 10.4. The summed E-state index contributed by atoms with van der Waals surface area (Å²) in [6.07, 6.45) is 5.67. The highest BCUT2D eigenvalue weighted by Gasteiger charge is 2.27. The Hall–Kier alpha value is -2.12. The summed E-state index contributed by atoms with van der Waals surface area (Å²) in [5, 5.41) is 0. The summed E-state index contributed by atoms with van der Waals surface area (Å²) in [6, 6.07) is 10.6. The van der Waals surface area contributed by atoms with Crippen LogP contribution in [0.15, 0.2) is 47.5 Å². The summed E-state index contributed by atoms with van der Waals surface area (Å²) in [7, 11) is -3.52. The summed E-state index contributed by atoms with van der Waals surface area (Å²) < 4.78 is 39.5. The molecular weight excluding hydrogens is 352 g/mol. The van der Waals surface area contributed by atoms with Crippen LogP contribution in [0.5, 0.6) is 11.6 Å². The molecular formula is C19H22N2O4S. The van der Waals surface area contributed by atoms with Crippen molar-refractivity contribution in [1.29, 1.82) is 0 Å². The fraction of sp³-hybridized carbons (Fsp3) is 0.421. The number of benzene rings is 1. The lowest BCUT2D eigenvalue weighted by atomic mass is 9.94. The quantitative estimate of drug-likeness (QED) is 0.871. The molecule has 2 heterocycles. The molecule has 0 unspecified atom stereocenters. The Bertz CT molecular complexity index is 862. The van der Waals surface area contributed by atoms with Gasteiger partial charge in [0.1, 0.15) is 11.9 Å². The van der Waals surface area contributed by atoms with Crippen molar-refractivity contribution in [3.8, 4) is 11.6 Å². The van der Waals surface area contributed by atoms with Gasteiger partial charge in [0.2, 0.25) is 15.9 Å². The average Bonchev–Trinajstić information content (AvgIpc) is 3.12. The molecule has 4 rings (SSSR count). The maximum absolute atomic E-state index is 12.7. The lowest BCUT2D eigenvalue weighted by Gasteiger charge is -2.29. The minimum atomic E-state index is -3.52. The minimum absolute atomic E-state index is 0.0620. The Morgan fingerprint density at radius 1 is 1.12 bits per heavy atom. The molecule has 0 radical (unpaired) electrons. The highest BCUT2D eigenvalue weighted by molar-refractivity contribution is 7.89. The summed E-state index contributed by atoms with van der Waals surface area (Å²) in [4.78, 5) is 4.49.